The minimum Gasteiger partial charge on any atom is -0.475 e. The van der Waals surface area contributed by atoms with Crippen LogP contribution in [0.15, 0.2) is 42.7 Å². The third-order valence-corrected chi connectivity index (χ3v) is 5.56. The summed E-state index contributed by atoms with van der Waals surface area (Å²) in [5, 5.41) is 7.12. The van der Waals surface area contributed by atoms with Crippen molar-refractivity contribution in [3.8, 4) is 0 Å². The van der Waals surface area contributed by atoms with E-state index in [0.717, 1.165) is 52.2 Å². The van der Waals surface area contributed by atoms with Gasteiger partial charge in [-0.3, -0.25) is 4.90 Å². The second-order valence-electron chi connectivity index (χ2n) is 8.28. The molecule has 2 saturated heterocycles. The Kier molecular flexibility index (Phi) is 8.20. The summed E-state index contributed by atoms with van der Waals surface area (Å²) in [6, 6.07) is 10.6. The van der Waals surface area contributed by atoms with E-state index in [1.165, 1.54) is 18.0 Å². The van der Waals surface area contributed by atoms with Crippen molar-refractivity contribution in [3.63, 3.8) is 0 Å². The Balaban J connectivity index is 0.000000383. The van der Waals surface area contributed by atoms with Gasteiger partial charge in [-0.05, 0) is 24.9 Å². The molecule has 1 atom stereocenters. The van der Waals surface area contributed by atoms with Crippen molar-refractivity contribution in [3.05, 3.63) is 54.1 Å². The molecule has 33 heavy (non-hydrogen) atoms. The second-order valence-corrected chi connectivity index (χ2v) is 8.28. The lowest BCUT2D eigenvalue weighted by Crippen LogP contribution is -2.50. The summed E-state index contributed by atoms with van der Waals surface area (Å²) in [7, 11) is 0. The topological polar surface area (TPSA) is 78.8 Å². The molecule has 0 amide bonds. The number of carboxylic acid groups (broad SMARTS) is 1. The highest BCUT2D eigenvalue weighted by Crippen LogP contribution is 2.34. The molecule has 3 heterocycles. The van der Waals surface area contributed by atoms with Gasteiger partial charge < -0.3 is 14.7 Å². The number of ether oxygens (including phenoxy) is 1. The van der Waals surface area contributed by atoms with Gasteiger partial charge in [0.2, 0.25) is 5.95 Å². The van der Waals surface area contributed by atoms with E-state index in [1.807, 2.05) is 0 Å². The Labute approximate surface area is 189 Å². The van der Waals surface area contributed by atoms with Crippen LogP contribution in [0, 0.1) is 11.2 Å². The normalized spacial score (nSPS) is 21.8. The third kappa shape index (κ3) is 7.36. The van der Waals surface area contributed by atoms with E-state index < -0.39 is 18.0 Å². The Hall–Kier alpha value is -2.79. The van der Waals surface area contributed by atoms with Gasteiger partial charge in [0, 0.05) is 31.6 Å². The van der Waals surface area contributed by atoms with Crippen LogP contribution in [-0.2, 0) is 16.1 Å². The van der Waals surface area contributed by atoms with Crippen LogP contribution in [0.5, 0.6) is 0 Å². The van der Waals surface area contributed by atoms with E-state index in [-0.39, 0.29) is 5.41 Å². The van der Waals surface area contributed by atoms with E-state index in [0.29, 0.717) is 12.6 Å². The van der Waals surface area contributed by atoms with Gasteiger partial charge in [-0.2, -0.15) is 13.2 Å². The number of carboxylic acids is 1. The van der Waals surface area contributed by atoms with Gasteiger partial charge in [0.05, 0.1) is 25.6 Å². The highest BCUT2D eigenvalue weighted by Gasteiger charge is 2.40. The van der Waals surface area contributed by atoms with Crippen molar-refractivity contribution in [2.24, 2.45) is 5.41 Å². The first-order valence-corrected chi connectivity index (χ1v) is 10.5. The van der Waals surface area contributed by atoms with E-state index in [1.54, 1.807) is 0 Å². The molecule has 2 fully saturated rings. The maximum absolute atomic E-state index is 13.2. The molecule has 1 aromatic carbocycles. The number of rotatable bonds is 3. The highest BCUT2D eigenvalue weighted by atomic mass is 19.4. The average Bonchev–Trinajstić information content (AvgIpc) is 2.97. The van der Waals surface area contributed by atoms with Crippen molar-refractivity contribution in [1.82, 2.24) is 14.9 Å². The molecule has 1 aromatic heterocycles. The van der Waals surface area contributed by atoms with Crippen LogP contribution in [0.4, 0.5) is 23.5 Å². The first-order valence-electron chi connectivity index (χ1n) is 10.5. The summed E-state index contributed by atoms with van der Waals surface area (Å²) < 4.78 is 50.9. The molecule has 180 valence electrons. The number of hydrogen-bond acceptors (Lipinski definition) is 6. The summed E-state index contributed by atoms with van der Waals surface area (Å²) in [4.78, 5) is 21.9. The van der Waals surface area contributed by atoms with Gasteiger partial charge in [-0.25, -0.2) is 19.2 Å². The number of nitrogens with zero attached hydrogens (tertiary/aromatic N) is 4. The molecule has 11 heteroatoms. The van der Waals surface area contributed by atoms with Gasteiger partial charge in [0.25, 0.3) is 0 Å². The molecular formula is C22H26F4N4O3. The number of hydrogen-bond donors (Lipinski definition) is 1. The van der Waals surface area contributed by atoms with E-state index >= 15 is 0 Å². The zero-order valence-electron chi connectivity index (χ0n) is 18.0. The van der Waals surface area contributed by atoms with Crippen LogP contribution >= 0.6 is 0 Å². The van der Waals surface area contributed by atoms with Crippen molar-refractivity contribution >= 4 is 11.9 Å². The van der Waals surface area contributed by atoms with Gasteiger partial charge in [-0.1, -0.05) is 30.3 Å². The van der Waals surface area contributed by atoms with E-state index in [4.69, 9.17) is 14.6 Å². The summed E-state index contributed by atoms with van der Waals surface area (Å²) in [5.41, 5.74) is 1.42. The van der Waals surface area contributed by atoms with Gasteiger partial charge in [0.15, 0.2) is 5.82 Å². The monoisotopic (exact) mass is 470 g/mol. The zero-order valence-corrected chi connectivity index (χ0v) is 18.0. The van der Waals surface area contributed by atoms with Crippen molar-refractivity contribution in [2.75, 3.05) is 44.3 Å². The SMILES string of the molecule is Fc1cnc(N2CCOCC3(CCCN(Cc4ccccc4)C3)C2)nc1.O=C(O)C(F)(F)F. The molecular weight excluding hydrogens is 444 g/mol. The minimum absolute atomic E-state index is 0.0707. The lowest BCUT2D eigenvalue weighted by atomic mass is 9.80. The predicted octanol–water partition coefficient (Wildman–Crippen LogP) is 3.37. The number of aromatic nitrogens is 2. The molecule has 1 spiro atoms. The first kappa shape index (κ1) is 24.8. The maximum atomic E-state index is 13.2. The molecule has 0 saturated carbocycles. The molecule has 4 rings (SSSR count). The molecule has 2 aromatic rings. The van der Waals surface area contributed by atoms with Gasteiger partial charge in [-0.15, -0.1) is 0 Å². The van der Waals surface area contributed by atoms with E-state index in [9.17, 15) is 17.6 Å². The van der Waals surface area contributed by atoms with Crippen LogP contribution < -0.4 is 4.90 Å². The van der Waals surface area contributed by atoms with Crippen LogP contribution in [0.25, 0.3) is 0 Å². The minimum atomic E-state index is -5.08. The summed E-state index contributed by atoms with van der Waals surface area (Å²) >= 11 is 0. The molecule has 2 aliphatic rings. The quantitative estimate of drug-likeness (QED) is 0.690. The standard InChI is InChI=1S/C20H25FN4O.C2HF3O2/c21-18-11-22-19(23-12-18)25-9-10-26-16-20(15-25)7-4-8-24(14-20)13-17-5-2-1-3-6-17;3-2(4,5)1(6)7/h1-3,5-6,11-12H,4,7-10,13-16H2;(H,6,7). The first-order chi connectivity index (χ1) is 15.7. The number of benzene rings is 1. The molecule has 0 radical (unpaired) electrons. The van der Waals surface area contributed by atoms with Gasteiger partial charge in [0.1, 0.15) is 0 Å². The lowest BCUT2D eigenvalue weighted by Gasteiger charge is -2.43. The Morgan fingerprint density at radius 2 is 1.79 bits per heavy atom. The van der Waals surface area contributed by atoms with Crippen LogP contribution in [0.1, 0.15) is 18.4 Å². The zero-order chi connectivity index (χ0) is 23.9. The smallest absolute Gasteiger partial charge is 0.475 e. The van der Waals surface area contributed by atoms with Crippen molar-refractivity contribution in [1.29, 1.82) is 0 Å². The maximum Gasteiger partial charge on any atom is 0.490 e. The van der Waals surface area contributed by atoms with Crippen LogP contribution in [0.3, 0.4) is 0 Å². The van der Waals surface area contributed by atoms with Crippen LogP contribution in [-0.4, -0.2) is 71.5 Å². The number of halogens is 4. The fraction of sp³-hybridized carbons (Fsp3) is 0.500. The number of aliphatic carboxylic acids is 1. The van der Waals surface area contributed by atoms with E-state index in [2.05, 4.69) is 50.1 Å². The number of anilines is 1. The van der Waals surface area contributed by atoms with Crippen molar-refractivity contribution < 1.29 is 32.2 Å². The molecule has 1 N–H and O–H groups in total. The highest BCUT2D eigenvalue weighted by molar-refractivity contribution is 5.73. The summed E-state index contributed by atoms with van der Waals surface area (Å²) in [6.07, 6.45) is -0.309. The second kappa shape index (κ2) is 10.9. The summed E-state index contributed by atoms with van der Waals surface area (Å²) in [5.74, 6) is -2.56. The molecule has 0 aliphatic carbocycles. The molecule has 2 aliphatic heterocycles. The lowest BCUT2D eigenvalue weighted by molar-refractivity contribution is -0.192. The fourth-order valence-corrected chi connectivity index (χ4v) is 4.17. The fourth-order valence-electron chi connectivity index (χ4n) is 4.17. The number of alkyl halides is 3. The largest absolute Gasteiger partial charge is 0.490 e. The number of piperidine rings is 1. The predicted molar refractivity (Wildman–Crippen MR) is 112 cm³/mol. The Bertz CT molecular complexity index is 899. The van der Waals surface area contributed by atoms with Crippen molar-refractivity contribution in [2.45, 2.75) is 25.6 Å². The average molecular weight is 470 g/mol. The number of carbonyl (C=O) groups is 1. The van der Waals surface area contributed by atoms with Gasteiger partial charge >= 0.3 is 12.1 Å². The number of likely N-dealkylation sites (tertiary alicyclic amines) is 1. The molecule has 1 unspecified atom stereocenters. The van der Waals surface area contributed by atoms with Crippen LogP contribution in [0.2, 0.25) is 0 Å². The molecule has 0 bridgehead atoms. The Morgan fingerprint density at radius 3 is 2.42 bits per heavy atom. The third-order valence-electron chi connectivity index (χ3n) is 5.56. The molecule has 7 nitrogen and oxygen atoms in total. The summed E-state index contributed by atoms with van der Waals surface area (Å²) in [6.45, 7) is 6.09. The Morgan fingerprint density at radius 1 is 1.12 bits per heavy atom.